The number of carbonyl (C=O) groups excluding carboxylic acids is 1. The van der Waals surface area contributed by atoms with E-state index in [-0.39, 0.29) is 6.61 Å². The molecule has 37 heavy (non-hydrogen) atoms. The number of aromatic nitrogens is 4. The van der Waals surface area contributed by atoms with E-state index in [9.17, 15) is 9.36 Å². The average molecular weight is 531 g/mol. The Morgan fingerprint density at radius 2 is 1.97 bits per heavy atom. The summed E-state index contributed by atoms with van der Waals surface area (Å²) in [7, 11) is -4.04. The van der Waals surface area contributed by atoms with Gasteiger partial charge < -0.3 is 19.9 Å². The van der Waals surface area contributed by atoms with Crippen molar-refractivity contribution in [1.29, 1.82) is 0 Å². The molecule has 3 saturated heterocycles. The molecule has 1 unspecified atom stereocenters. The molecule has 3 aliphatic rings. The summed E-state index contributed by atoms with van der Waals surface area (Å²) in [6.07, 6.45) is 2.81. The number of hydrogen-bond donors (Lipinski definition) is 1. The Bertz CT molecular complexity index is 1400. The highest BCUT2D eigenvalue weighted by Gasteiger charge is 2.64. The molecule has 3 aromatic rings. The molecule has 13 nitrogen and oxygen atoms in total. The molecule has 0 saturated carbocycles. The third-order valence-electron chi connectivity index (χ3n) is 6.73. The molecule has 196 valence electrons. The van der Waals surface area contributed by atoms with Gasteiger partial charge in [0.1, 0.15) is 11.6 Å². The van der Waals surface area contributed by atoms with Gasteiger partial charge in [0.2, 0.25) is 0 Å². The average Bonchev–Trinajstić information content (AvgIpc) is 3.47. The Hall–Kier alpha value is -3.09. The summed E-state index contributed by atoms with van der Waals surface area (Å²) in [6, 6.07) is 5.22. The third kappa shape index (κ3) is 4.16. The summed E-state index contributed by atoms with van der Waals surface area (Å²) in [6.45, 7) is 5.05. The highest BCUT2D eigenvalue weighted by Crippen LogP contribution is 2.62. The quantitative estimate of drug-likeness (QED) is 0.376. The van der Waals surface area contributed by atoms with Gasteiger partial charge in [0.25, 0.3) is 0 Å². The van der Waals surface area contributed by atoms with Crippen LogP contribution < -0.4 is 5.73 Å². The minimum atomic E-state index is -4.04. The zero-order valence-electron chi connectivity index (χ0n) is 20.3. The second-order valence-electron chi connectivity index (χ2n) is 10.00. The van der Waals surface area contributed by atoms with E-state index in [4.69, 9.17) is 33.5 Å². The Morgan fingerprint density at radius 1 is 1.19 bits per heavy atom. The largest absolute Gasteiger partial charge is 0.509 e. The molecular formula is C23H26N5O8P. The number of nitrogens with two attached hydrogens (primary N) is 1. The van der Waals surface area contributed by atoms with E-state index in [1.54, 1.807) is 48.3 Å². The topological polar surface area (TPSA) is 159 Å². The van der Waals surface area contributed by atoms with Gasteiger partial charge in [0, 0.05) is 25.0 Å². The zero-order valence-corrected chi connectivity index (χ0v) is 21.2. The molecule has 14 heteroatoms. The van der Waals surface area contributed by atoms with Crippen molar-refractivity contribution in [2.45, 2.75) is 62.9 Å². The van der Waals surface area contributed by atoms with E-state index in [2.05, 4.69) is 15.0 Å². The fourth-order valence-corrected chi connectivity index (χ4v) is 6.74. The summed E-state index contributed by atoms with van der Waals surface area (Å²) >= 11 is 0. The van der Waals surface area contributed by atoms with Crippen LogP contribution in [-0.2, 0) is 32.3 Å². The number of rotatable bonds is 5. The first-order chi connectivity index (χ1) is 17.6. The van der Waals surface area contributed by atoms with Crippen molar-refractivity contribution in [3.05, 3.63) is 48.7 Å². The van der Waals surface area contributed by atoms with Crippen LogP contribution in [0.5, 0.6) is 0 Å². The number of fused-ring (bicyclic) bond motifs is 2. The monoisotopic (exact) mass is 531 g/mol. The Balaban J connectivity index is 1.26. The summed E-state index contributed by atoms with van der Waals surface area (Å²) < 4.78 is 49.9. The molecule has 3 aromatic heterocycles. The second-order valence-corrected chi connectivity index (χ2v) is 11.5. The Labute approximate surface area is 211 Å². The van der Waals surface area contributed by atoms with Gasteiger partial charge in [-0.3, -0.25) is 23.1 Å². The van der Waals surface area contributed by atoms with Crippen molar-refractivity contribution in [2.24, 2.45) is 0 Å². The van der Waals surface area contributed by atoms with E-state index in [1.165, 1.54) is 6.33 Å². The first-order valence-electron chi connectivity index (χ1n) is 11.7. The number of anilines is 1. The van der Waals surface area contributed by atoms with Crippen molar-refractivity contribution in [3.8, 4) is 0 Å². The number of nitrogen functional groups attached to an aromatic ring is 1. The molecule has 0 aromatic carbocycles. The molecule has 6 atom stereocenters. The van der Waals surface area contributed by atoms with Crippen LogP contribution in [0.2, 0.25) is 0 Å². The van der Waals surface area contributed by atoms with Crippen molar-refractivity contribution in [2.75, 3.05) is 12.3 Å². The van der Waals surface area contributed by atoms with Crippen LogP contribution in [0.3, 0.4) is 0 Å². The van der Waals surface area contributed by atoms with Gasteiger partial charge in [-0.2, -0.15) is 0 Å². The smallest absolute Gasteiger partial charge is 0.424 e. The van der Waals surface area contributed by atoms with Crippen LogP contribution in [0.15, 0.2) is 43.1 Å². The minimum Gasteiger partial charge on any atom is -0.424 e. The predicted octanol–water partition coefficient (Wildman–Crippen LogP) is 3.68. The number of phosphoric ester groups is 1. The maximum atomic E-state index is 13.6. The first-order valence-corrected chi connectivity index (χ1v) is 13.2. The molecule has 6 rings (SSSR count). The number of imidazole rings is 1. The summed E-state index contributed by atoms with van der Waals surface area (Å²) in [5.74, 6) is 0. The molecule has 3 aliphatic heterocycles. The van der Waals surface area contributed by atoms with Crippen LogP contribution in [0.1, 0.15) is 45.1 Å². The normalized spacial score (nSPS) is 34.7. The Morgan fingerprint density at radius 3 is 2.76 bits per heavy atom. The van der Waals surface area contributed by atoms with Gasteiger partial charge in [-0.25, -0.2) is 19.3 Å². The van der Waals surface area contributed by atoms with E-state index < -0.39 is 49.7 Å². The number of phosphoric acid groups is 1. The van der Waals surface area contributed by atoms with Gasteiger partial charge in [-0.05, 0) is 44.5 Å². The first kappa shape index (κ1) is 24.3. The van der Waals surface area contributed by atoms with Gasteiger partial charge in [-0.1, -0.05) is 0 Å². The lowest BCUT2D eigenvalue weighted by Gasteiger charge is -2.39. The second kappa shape index (κ2) is 8.47. The molecule has 0 radical (unpaired) electrons. The molecule has 0 amide bonds. The SMILES string of the molecule is CC1(C)C[C@@H](c2ccncc2)OP(=O)(OC[C@H]2O[C@@H](n3cnc4c(N)ccnc43)[C@]3(C)OC(=O)O[C@H]23)O1. The minimum absolute atomic E-state index is 0.258. The van der Waals surface area contributed by atoms with Crippen molar-refractivity contribution in [3.63, 3.8) is 0 Å². The maximum absolute atomic E-state index is 13.6. The van der Waals surface area contributed by atoms with Crippen LogP contribution in [0.4, 0.5) is 10.5 Å². The van der Waals surface area contributed by atoms with Crippen LogP contribution >= 0.6 is 7.82 Å². The van der Waals surface area contributed by atoms with E-state index in [1.807, 2.05) is 13.8 Å². The number of ether oxygens (including phenoxy) is 3. The summed E-state index contributed by atoms with van der Waals surface area (Å²) in [4.78, 5) is 24.9. The highest BCUT2D eigenvalue weighted by molar-refractivity contribution is 7.48. The fourth-order valence-electron chi connectivity index (χ4n) is 5.06. The molecule has 0 bridgehead atoms. The number of carbonyl (C=O) groups is 1. The molecular weight excluding hydrogens is 505 g/mol. The van der Waals surface area contributed by atoms with E-state index in [0.29, 0.717) is 23.3 Å². The van der Waals surface area contributed by atoms with Crippen LogP contribution in [0, 0.1) is 0 Å². The summed E-state index contributed by atoms with van der Waals surface area (Å²) in [5, 5.41) is 0. The fraction of sp³-hybridized carbons (Fsp3) is 0.478. The van der Waals surface area contributed by atoms with E-state index >= 15 is 0 Å². The number of hydrogen-bond acceptors (Lipinski definition) is 12. The van der Waals surface area contributed by atoms with Crippen molar-refractivity contribution in [1.82, 2.24) is 19.5 Å². The lowest BCUT2D eigenvalue weighted by molar-refractivity contribution is -0.0988. The number of nitrogens with zero attached hydrogens (tertiary/aromatic N) is 4. The van der Waals surface area contributed by atoms with Gasteiger partial charge >= 0.3 is 14.0 Å². The van der Waals surface area contributed by atoms with Gasteiger partial charge in [-0.15, -0.1) is 0 Å². The molecule has 2 N–H and O–H groups in total. The van der Waals surface area contributed by atoms with Crippen LogP contribution in [0.25, 0.3) is 11.2 Å². The van der Waals surface area contributed by atoms with Crippen molar-refractivity contribution < 1.29 is 37.1 Å². The molecule has 6 heterocycles. The van der Waals surface area contributed by atoms with Gasteiger partial charge in [0.15, 0.2) is 23.6 Å². The number of pyridine rings is 2. The molecule has 3 fully saturated rings. The highest BCUT2D eigenvalue weighted by atomic mass is 31.2. The zero-order chi connectivity index (χ0) is 26.0. The molecule has 0 aliphatic carbocycles. The molecule has 0 spiro atoms. The Kier molecular flexibility index (Phi) is 5.55. The lowest BCUT2D eigenvalue weighted by Crippen LogP contribution is -2.42. The standard InChI is InChI=1S/C23H26N5O8P/c1-22(2)10-15(13-4-7-25-8-5-13)35-37(30,36-22)31-11-16-18-23(3,34-21(29)33-18)20(32-16)28-12-27-17-14(24)6-9-26-19(17)28/h4-9,12,15-16,18,20H,10-11H2,1-3H3,(H2,24,26)/t15-,16+,18+,20+,23+,37?/m0/s1. The summed E-state index contributed by atoms with van der Waals surface area (Å²) in [5.41, 5.74) is 6.17. The predicted molar refractivity (Wildman–Crippen MR) is 127 cm³/mol. The maximum Gasteiger partial charge on any atom is 0.509 e. The van der Waals surface area contributed by atoms with E-state index in [0.717, 1.165) is 5.56 Å². The lowest BCUT2D eigenvalue weighted by atomic mass is 9.96. The van der Waals surface area contributed by atoms with Crippen LogP contribution in [-0.4, -0.2) is 55.7 Å². The van der Waals surface area contributed by atoms with Gasteiger partial charge in [0.05, 0.1) is 30.3 Å². The third-order valence-corrected chi connectivity index (χ3v) is 8.43. The van der Waals surface area contributed by atoms with Crippen molar-refractivity contribution >= 4 is 30.8 Å².